The van der Waals surface area contributed by atoms with Crippen molar-refractivity contribution in [1.82, 2.24) is 9.99 Å². The third kappa shape index (κ3) is 3.93. The van der Waals surface area contributed by atoms with Crippen LogP contribution in [-0.2, 0) is 11.3 Å². The number of hydrogen-bond donors (Lipinski definition) is 1. The summed E-state index contributed by atoms with van der Waals surface area (Å²) in [5, 5.41) is 5.25. The lowest BCUT2D eigenvalue weighted by atomic mass is 10.1. The van der Waals surface area contributed by atoms with E-state index in [9.17, 15) is 9.59 Å². The molecule has 4 aromatic rings. The first kappa shape index (κ1) is 19.0. The van der Waals surface area contributed by atoms with Crippen LogP contribution in [0.15, 0.2) is 87.6 Å². The number of fused-ring (bicyclic) bond motifs is 2. The minimum absolute atomic E-state index is 0.0282. The summed E-state index contributed by atoms with van der Waals surface area (Å²) in [5.74, 6) is -0.263. The van der Waals surface area contributed by atoms with Crippen LogP contribution in [0.5, 0.6) is 0 Å². The van der Waals surface area contributed by atoms with Gasteiger partial charge >= 0.3 is 0 Å². The van der Waals surface area contributed by atoms with Crippen molar-refractivity contribution in [1.29, 1.82) is 0 Å². The summed E-state index contributed by atoms with van der Waals surface area (Å²) in [6.07, 6.45) is 3.64. The third-order valence-electron chi connectivity index (χ3n) is 4.70. The molecule has 0 unspecified atom stereocenters. The second-order valence-corrected chi connectivity index (χ2v) is 7.40. The van der Waals surface area contributed by atoms with Crippen LogP contribution in [0.3, 0.4) is 0 Å². The summed E-state index contributed by atoms with van der Waals surface area (Å²) < 4.78 is 1.85. The molecule has 0 aliphatic carbocycles. The van der Waals surface area contributed by atoms with E-state index in [0.29, 0.717) is 10.8 Å². The zero-order chi connectivity index (χ0) is 20.2. The lowest BCUT2D eigenvalue weighted by molar-refractivity contribution is -0.121. The standard InChI is InChI=1S/C23H19N3O2S/c1-29-17-12-10-16(11-13-17)14-24-25-22(27)15-26-20-8-4-2-6-18(20)23(28)19-7-3-5-9-21(19)26/h2-14H,15H2,1H3,(H,25,27)/b24-14+. The smallest absolute Gasteiger partial charge is 0.260 e. The molecule has 0 spiro atoms. The van der Waals surface area contributed by atoms with Crippen molar-refractivity contribution in [2.45, 2.75) is 11.4 Å². The van der Waals surface area contributed by atoms with Crippen LogP contribution in [0.2, 0.25) is 0 Å². The van der Waals surface area contributed by atoms with Gasteiger partial charge in [0.1, 0.15) is 6.54 Å². The number of carbonyl (C=O) groups is 1. The van der Waals surface area contributed by atoms with Crippen LogP contribution in [0.25, 0.3) is 21.8 Å². The maximum absolute atomic E-state index is 12.8. The average Bonchev–Trinajstić information content (AvgIpc) is 2.77. The quantitative estimate of drug-likeness (QED) is 0.238. The van der Waals surface area contributed by atoms with Gasteiger partial charge in [0.15, 0.2) is 5.43 Å². The minimum atomic E-state index is -0.263. The van der Waals surface area contributed by atoms with E-state index in [2.05, 4.69) is 10.5 Å². The Morgan fingerprint density at radius 1 is 0.966 bits per heavy atom. The van der Waals surface area contributed by atoms with Gasteiger partial charge in [0, 0.05) is 15.7 Å². The van der Waals surface area contributed by atoms with Gasteiger partial charge < -0.3 is 4.57 Å². The number of hydrazone groups is 1. The van der Waals surface area contributed by atoms with Gasteiger partial charge in [-0.2, -0.15) is 5.10 Å². The summed E-state index contributed by atoms with van der Waals surface area (Å²) >= 11 is 1.67. The van der Waals surface area contributed by atoms with Crippen molar-refractivity contribution in [2.75, 3.05) is 6.26 Å². The Morgan fingerprint density at radius 3 is 2.14 bits per heavy atom. The largest absolute Gasteiger partial charge is 0.331 e. The van der Waals surface area contributed by atoms with Gasteiger partial charge in [-0.1, -0.05) is 36.4 Å². The minimum Gasteiger partial charge on any atom is -0.331 e. The molecule has 0 bridgehead atoms. The van der Waals surface area contributed by atoms with E-state index >= 15 is 0 Å². The molecular weight excluding hydrogens is 382 g/mol. The number of carbonyl (C=O) groups excluding carboxylic acids is 1. The van der Waals surface area contributed by atoms with Crippen molar-refractivity contribution in [3.8, 4) is 0 Å². The Balaban J connectivity index is 1.61. The molecule has 6 heteroatoms. The molecule has 1 N–H and O–H groups in total. The van der Waals surface area contributed by atoms with Crippen molar-refractivity contribution >= 4 is 45.7 Å². The van der Waals surface area contributed by atoms with E-state index in [1.807, 2.05) is 71.5 Å². The first-order valence-corrected chi connectivity index (χ1v) is 10.4. The highest BCUT2D eigenvalue weighted by molar-refractivity contribution is 7.98. The third-order valence-corrected chi connectivity index (χ3v) is 5.44. The molecular formula is C23H19N3O2S. The van der Waals surface area contributed by atoms with Crippen LogP contribution < -0.4 is 10.9 Å². The van der Waals surface area contributed by atoms with E-state index < -0.39 is 0 Å². The molecule has 1 amide bonds. The maximum atomic E-state index is 12.8. The lowest BCUT2D eigenvalue weighted by Gasteiger charge is -2.14. The zero-order valence-corrected chi connectivity index (χ0v) is 16.6. The van der Waals surface area contributed by atoms with E-state index in [1.165, 1.54) is 4.90 Å². The molecule has 5 nitrogen and oxygen atoms in total. The molecule has 29 heavy (non-hydrogen) atoms. The van der Waals surface area contributed by atoms with Crippen LogP contribution >= 0.6 is 11.8 Å². The van der Waals surface area contributed by atoms with E-state index in [0.717, 1.165) is 16.6 Å². The second kappa shape index (κ2) is 8.32. The van der Waals surface area contributed by atoms with Crippen molar-refractivity contribution in [3.05, 3.63) is 88.6 Å². The molecule has 0 saturated carbocycles. The summed E-state index contributed by atoms with van der Waals surface area (Å²) in [4.78, 5) is 26.5. The number of rotatable bonds is 5. The number of aromatic nitrogens is 1. The maximum Gasteiger partial charge on any atom is 0.260 e. The molecule has 144 valence electrons. The highest BCUT2D eigenvalue weighted by atomic mass is 32.2. The zero-order valence-electron chi connectivity index (χ0n) is 15.8. The molecule has 0 radical (unpaired) electrons. The van der Waals surface area contributed by atoms with Gasteiger partial charge in [0.2, 0.25) is 0 Å². The Bertz CT molecular complexity index is 1220. The van der Waals surface area contributed by atoms with Crippen molar-refractivity contribution in [2.24, 2.45) is 5.10 Å². The fourth-order valence-corrected chi connectivity index (χ4v) is 3.70. The van der Waals surface area contributed by atoms with Crippen LogP contribution in [0.4, 0.5) is 0 Å². The van der Waals surface area contributed by atoms with Gasteiger partial charge in [-0.05, 0) is 48.2 Å². The predicted octanol–water partition coefficient (Wildman–Crippen LogP) is 4.03. The Labute approximate surface area is 172 Å². The molecule has 1 aromatic heterocycles. The number of hydrogen-bond acceptors (Lipinski definition) is 4. The van der Waals surface area contributed by atoms with Gasteiger partial charge in [-0.3, -0.25) is 9.59 Å². The fraction of sp³-hybridized carbons (Fsp3) is 0.0870. The predicted molar refractivity (Wildman–Crippen MR) is 120 cm³/mol. The number of amides is 1. The summed E-state index contributed by atoms with van der Waals surface area (Å²) in [5.41, 5.74) is 4.91. The fourth-order valence-electron chi connectivity index (χ4n) is 3.29. The lowest BCUT2D eigenvalue weighted by Crippen LogP contribution is -2.25. The highest BCUT2D eigenvalue weighted by Crippen LogP contribution is 2.19. The molecule has 0 atom stereocenters. The molecule has 3 aromatic carbocycles. The average molecular weight is 401 g/mol. The van der Waals surface area contributed by atoms with Gasteiger partial charge in [0.25, 0.3) is 5.91 Å². The van der Waals surface area contributed by atoms with Crippen LogP contribution in [0, 0.1) is 0 Å². The van der Waals surface area contributed by atoms with E-state index in [1.54, 1.807) is 30.1 Å². The van der Waals surface area contributed by atoms with E-state index in [4.69, 9.17) is 0 Å². The molecule has 1 heterocycles. The second-order valence-electron chi connectivity index (χ2n) is 6.52. The highest BCUT2D eigenvalue weighted by Gasteiger charge is 2.12. The number of pyridine rings is 1. The number of nitrogens with zero attached hydrogens (tertiary/aromatic N) is 2. The van der Waals surface area contributed by atoms with Crippen molar-refractivity contribution < 1.29 is 4.79 Å². The van der Waals surface area contributed by atoms with E-state index in [-0.39, 0.29) is 17.9 Å². The SMILES string of the molecule is CSc1ccc(/C=N/NC(=O)Cn2c3ccccc3c(=O)c3ccccc32)cc1. The Morgan fingerprint density at radius 2 is 1.55 bits per heavy atom. The number of nitrogens with one attached hydrogen (secondary N) is 1. The number of para-hydroxylation sites is 2. The summed E-state index contributed by atoms with van der Waals surface area (Å²) in [7, 11) is 0. The Hall–Kier alpha value is -3.38. The summed E-state index contributed by atoms with van der Waals surface area (Å²) in [6, 6.07) is 22.6. The Kier molecular flexibility index (Phi) is 5.44. The van der Waals surface area contributed by atoms with Crippen LogP contribution in [0.1, 0.15) is 5.56 Å². The number of benzene rings is 3. The monoisotopic (exact) mass is 401 g/mol. The normalized spacial score (nSPS) is 11.3. The molecule has 0 fully saturated rings. The first-order valence-electron chi connectivity index (χ1n) is 9.13. The molecule has 0 aliphatic heterocycles. The van der Waals surface area contributed by atoms with Crippen molar-refractivity contribution in [3.63, 3.8) is 0 Å². The van der Waals surface area contributed by atoms with Gasteiger partial charge in [-0.25, -0.2) is 5.43 Å². The molecule has 0 aliphatic rings. The topological polar surface area (TPSA) is 63.5 Å². The molecule has 0 saturated heterocycles. The first-order chi connectivity index (χ1) is 14.2. The molecule has 4 rings (SSSR count). The van der Waals surface area contributed by atoms with Gasteiger partial charge in [0.05, 0.1) is 17.2 Å². The van der Waals surface area contributed by atoms with Gasteiger partial charge in [-0.15, -0.1) is 11.8 Å². The van der Waals surface area contributed by atoms with Crippen LogP contribution in [-0.4, -0.2) is 22.9 Å². The number of thioether (sulfide) groups is 1. The summed E-state index contributed by atoms with van der Waals surface area (Å²) in [6.45, 7) is 0.0596.